The molecule has 2 nitrogen and oxygen atoms in total. The molecule has 5 unspecified atom stereocenters. The average Bonchev–Trinajstić information content (AvgIpc) is 2.65. The van der Waals surface area contributed by atoms with Crippen LogP contribution in [0.15, 0.2) is 0 Å². The van der Waals surface area contributed by atoms with Gasteiger partial charge >= 0.3 is 24.3 Å². The molecule has 5 atom stereocenters. The highest BCUT2D eigenvalue weighted by molar-refractivity contribution is 5.03. The summed E-state index contributed by atoms with van der Waals surface area (Å²) in [7, 11) is 0. The van der Waals surface area contributed by atoms with Gasteiger partial charge in [0.25, 0.3) is 5.67 Å². The van der Waals surface area contributed by atoms with Gasteiger partial charge in [0, 0.05) is 11.8 Å². The predicted octanol–water partition coefficient (Wildman–Crippen LogP) is 7.51. The number of ether oxygens (including phenoxy) is 2. The molecule has 2 rings (SSSR count). The molecule has 0 aromatic rings. The minimum Gasteiger partial charge on any atom is -0.314 e. The maximum absolute atomic E-state index is 13.8. The van der Waals surface area contributed by atoms with Crippen molar-refractivity contribution in [1.82, 2.24) is 0 Å². The number of alkyl halides is 10. The second-order valence-corrected chi connectivity index (χ2v) is 7.84. The van der Waals surface area contributed by atoms with Crippen LogP contribution < -0.4 is 0 Å². The van der Waals surface area contributed by atoms with E-state index in [9.17, 15) is 43.9 Å². The van der Waals surface area contributed by atoms with E-state index < -0.39 is 54.0 Å². The quantitative estimate of drug-likeness (QED) is 0.389. The fourth-order valence-corrected chi connectivity index (χ4v) is 3.87. The van der Waals surface area contributed by atoms with E-state index in [1.165, 1.54) is 20.8 Å². The summed E-state index contributed by atoms with van der Waals surface area (Å²) in [6, 6.07) is 0. The van der Waals surface area contributed by atoms with Gasteiger partial charge in [-0.2, -0.15) is 39.5 Å². The number of hydrogen-bond acceptors (Lipinski definition) is 2. The van der Waals surface area contributed by atoms with Crippen LogP contribution in [-0.2, 0) is 9.47 Å². The van der Waals surface area contributed by atoms with Crippen molar-refractivity contribution in [3.8, 4) is 0 Å². The van der Waals surface area contributed by atoms with Crippen LogP contribution in [0.2, 0.25) is 0 Å². The molecule has 186 valence electrons. The van der Waals surface area contributed by atoms with Crippen LogP contribution in [-0.4, -0.2) is 42.2 Å². The Labute approximate surface area is 174 Å². The Hall–Kier alpha value is -0.780. The number of hydrogen-bond donors (Lipinski definition) is 0. The second-order valence-electron chi connectivity index (χ2n) is 7.84. The summed E-state index contributed by atoms with van der Waals surface area (Å²) in [6.45, 7) is 5.91. The number of rotatable bonds is 4. The summed E-state index contributed by atoms with van der Waals surface area (Å²) in [6.07, 6.45) is -16.7. The van der Waals surface area contributed by atoms with Crippen LogP contribution in [0.3, 0.4) is 0 Å². The van der Waals surface area contributed by atoms with Crippen molar-refractivity contribution in [3.63, 3.8) is 0 Å². The molecule has 0 saturated carbocycles. The lowest BCUT2D eigenvalue weighted by Gasteiger charge is -2.45. The lowest BCUT2D eigenvalue weighted by Crippen LogP contribution is -2.65. The van der Waals surface area contributed by atoms with E-state index >= 15 is 0 Å². The highest BCUT2D eigenvalue weighted by Crippen LogP contribution is 2.56. The topological polar surface area (TPSA) is 18.5 Å². The Morgan fingerprint density at radius 3 is 1.39 bits per heavy atom. The minimum absolute atomic E-state index is 0.00951. The Kier molecular flexibility index (Phi) is 8.75. The molecule has 2 fully saturated rings. The van der Waals surface area contributed by atoms with Gasteiger partial charge in [-0.05, 0) is 38.5 Å². The summed E-state index contributed by atoms with van der Waals surface area (Å²) in [5.41, 5.74) is -4.60. The third kappa shape index (κ3) is 5.25. The smallest absolute Gasteiger partial charge is 0.314 e. The molecule has 0 aromatic heterocycles. The lowest BCUT2D eigenvalue weighted by molar-refractivity contribution is -0.426. The molecule has 0 aliphatic carbocycles. The Morgan fingerprint density at radius 2 is 1.03 bits per heavy atom. The van der Waals surface area contributed by atoms with E-state index in [4.69, 9.17) is 0 Å². The standard InChI is InChI=1S/C10H14F6O.C9H14F4O/c1-3-6-5-7(4-2)17-10(15,16)8(6,11)9(12,13)14;1-3-6-5-7(4-2)14-9(12,13)8(6,10)11/h6-7H,3-5H2,1-2H3;6-7H,3-5H2,1-2H3. The van der Waals surface area contributed by atoms with E-state index in [0.717, 1.165) is 0 Å². The van der Waals surface area contributed by atoms with Crippen molar-refractivity contribution >= 4 is 0 Å². The molecule has 2 aliphatic rings. The van der Waals surface area contributed by atoms with E-state index in [-0.39, 0.29) is 32.1 Å². The number of halogens is 10. The minimum atomic E-state index is -5.64. The first-order valence-corrected chi connectivity index (χ1v) is 10.2. The highest BCUT2D eigenvalue weighted by atomic mass is 19.4. The normalized spacial score (nSPS) is 37.0. The molecule has 0 aromatic carbocycles. The van der Waals surface area contributed by atoms with E-state index in [1.807, 2.05) is 0 Å². The Balaban J connectivity index is 0.000000316. The van der Waals surface area contributed by atoms with Gasteiger partial charge < -0.3 is 9.47 Å². The van der Waals surface area contributed by atoms with Crippen molar-refractivity contribution in [1.29, 1.82) is 0 Å². The zero-order chi connectivity index (χ0) is 24.5. The van der Waals surface area contributed by atoms with Gasteiger partial charge in [-0.1, -0.05) is 27.7 Å². The van der Waals surface area contributed by atoms with Gasteiger partial charge in [0.05, 0.1) is 12.2 Å². The summed E-state index contributed by atoms with van der Waals surface area (Å²) in [5, 5.41) is 0. The molecule has 0 radical (unpaired) electrons. The molecule has 2 aliphatic heterocycles. The molecule has 2 saturated heterocycles. The third-order valence-corrected chi connectivity index (χ3v) is 5.92. The van der Waals surface area contributed by atoms with Crippen LogP contribution in [0.25, 0.3) is 0 Å². The predicted molar refractivity (Wildman–Crippen MR) is 91.9 cm³/mol. The van der Waals surface area contributed by atoms with E-state index in [1.54, 1.807) is 6.92 Å². The molecule has 0 bridgehead atoms. The van der Waals surface area contributed by atoms with Crippen LogP contribution in [0.1, 0.15) is 66.2 Å². The average molecular weight is 478 g/mol. The van der Waals surface area contributed by atoms with E-state index in [0.29, 0.717) is 6.42 Å². The molecule has 12 heteroatoms. The van der Waals surface area contributed by atoms with Gasteiger partial charge in [-0.25, -0.2) is 4.39 Å². The maximum Gasteiger partial charge on any atom is 0.431 e. The van der Waals surface area contributed by atoms with Crippen LogP contribution in [0.4, 0.5) is 43.9 Å². The van der Waals surface area contributed by atoms with Crippen LogP contribution in [0.5, 0.6) is 0 Å². The van der Waals surface area contributed by atoms with Crippen molar-refractivity contribution in [2.45, 2.75) is 108 Å². The second kappa shape index (κ2) is 9.61. The molecule has 2 heterocycles. The van der Waals surface area contributed by atoms with Crippen LogP contribution >= 0.6 is 0 Å². The third-order valence-electron chi connectivity index (χ3n) is 5.92. The zero-order valence-corrected chi connectivity index (χ0v) is 17.6. The molecule has 0 spiro atoms. The molecule has 0 amide bonds. The van der Waals surface area contributed by atoms with Gasteiger partial charge in [0.15, 0.2) is 0 Å². The van der Waals surface area contributed by atoms with Crippen molar-refractivity contribution in [2.75, 3.05) is 0 Å². The van der Waals surface area contributed by atoms with Gasteiger partial charge in [0.2, 0.25) is 0 Å². The van der Waals surface area contributed by atoms with Crippen molar-refractivity contribution in [3.05, 3.63) is 0 Å². The van der Waals surface area contributed by atoms with E-state index in [2.05, 4.69) is 9.47 Å². The molecule has 0 N–H and O–H groups in total. The summed E-state index contributed by atoms with van der Waals surface area (Å²) in [5.74, 6) is -7.10. The first-order valence-electron chi connectivity index (χ1n) is 10.2. The van der Waals surface area contributed by atoms with Gasteiger partial charge in [-0.3, -0.25) is 0 Å². The van der Waals surface area contributed by atoms with Crippen molar-refractivity contribution < 1.29 is 53.4 Å². The molecular weight excluding hydrogens is 450 g/mol. The van der Waals surface area contributed by atoms with Gasteiger partial charge in [0.1, 0.15) is 0 Å². The first kappa shape index (κ1) is 28.3. The lowest BCUT2D eigenvalue weighted by atomic mass is 9.78. The monoisotopic (exact) mass is 478 g/mol. The zero-order valence-electron chi connectivity index (χ0n) is 17.6. The summed E-state index contributed by atoms with van der Waals surface area (Å²) >= 11 is 0. The maximum atomic E-state index is 13.8. The summed E-state index contributed by atoms with van der Waals surface area (Å²) < 4.78 is 138. The SMILES string of the molecule is CCC1CC(CC)C(F)(C(F)(F)F)C(F)(F)O1.CCC1CC(CC)C(F)(F)C(F)(F)O1. The molecular formula is C19H28F10O2. The van der Waals surface area contributed by atoms with Gasteiger partial charge in [-0.15, -0.1) is 0 Å². The Bertz CT molecular complexity index is 581. The Morgan fingerprint density at radius 1 is 0.645 bits per heavy atom. The first-order chi connectivity index (χ1) is 13.9. The van der Waals surface area contributed by atoms with Crippen LogP contribution in [0, 0.1) is 11.8 Å². The molecule has 31 heavy (non-hydrogen) atoms. The fourth-order valence-electron chi connectivity index (χ4n) is 3.87. The summed E-state index contributed by atoms with van der Waals surface area (Å²) in [4.78, 5) is 0. The van der Waals surface area contributed by atoms with Crippen molar-refractivity contribution in [2.24, 2.45) is 11.8 Å². The fraction of sp³-hybridized carbons (Fsp3) is 1.00. The largest absolute Gasteiger partial charge is 0.431 e. The highest BCUT2D eigenvalue weighted by Gasteiger charge is 2.77.